The smallest absolute Gasteiger partial charge is 0.243 e. The number of rotatable bonds is 7. The molecule has 0 amide bonds. The monoisotopic (exact) mass is 486 g/mol. The Morgan fingerprint density at radius 3 is 2.58 bits per heavy atom. The minimum absolute atomic E-state index is 0.279. The number of hydrogen-bond donors (Lipinski definition) is 2. The van der Waals surface area contributed by atoms with Crippen LogP contribution in [0.4, 0.5) is 11.8 Å². The van der Waals surface area contributed by atoms with E-state index in [0.29, 0.717) is 23.2 Å². The summed E-state index contributed by atoms with van der Waals surface area (Å²) in [6, 6.07) is 6.73. The second-order valence-electron chi connectivity index (χ2n) is 11.7. The third-order valence-corrected chi connectivity index (χ3v) is 8.42. The number of pyridine rings is 1. The van der Waals surface area contributed by atoms with Crippen molar-refractivity contribution in [2.45, 2.75) is 91.1 Å². The Kier molecular flexibility index (Phi) is 5.65. The molecule has 4 aromatic heterocycles. The molecule has 0 aromatic carbocycles. The van der Waals surface area contributed by atoms with E-state index in [1.54, 1.807) is 0 Å². The van der Waals surface area contributed by atoms with Gasteiger partial charge in [0, 0.05) is 23.8 Å². The van der Waals surface area contributed by atoms with Crippen LogP contribution in [0.1, 0.15) is 84.0 Å². The van der Waals surface area contributed by atoms with Gasteiger partial charge in [-0.3, -0.25) is 0 Å². The maximum Gasteiger partial charge on any atom is 0.243 e. The molecule has 0 unspecified atom stereocenters. The van der Waals surface area contributed by atoms with Gasteiger partial charge in [-0.05, 0) is 88.8 Å². The summed E-state index contributed by atoms with van der Waals surface area (Å²) in [5.74, 6) is 3.06. The number of hydrogen-bond acceptors (Lipinski definition) is 6. The van der Waals surface area contributed by atoms with Gasteiger partial charge in [-0.25, -0.2) is 14.5 Å². The molecule has 0 radical (unpaired) electrons. The van der Waals surface area contributed by atoms with Gasteiger partial charge in [0.25, 0.3) is 0 Å². The molecule has 36 heavy (non-hydrogen) atoms. The SMILES string of the molecule is Cc1nc2ccc(-c3ccn4nc(NC5CCC(C)(CCC6CC6)CC5)nc(N)c34)nc2n1C(C)C. The quantitative estimate of drug-likeness (QED) is 0.324. The Balaban J connectivity index is 1.22. The molecular formula is C28H38N8. The number of nitrogens with zero attached hydrogens (tertiary/aromatic N) is 6. The summed E-state index contributed by atoms with van der Waals surface area (Å²) in [5.41, 5.74) is 11.4. The van der Waals surface area contributed by atoms with Crippen molar-refractivity contribution < 1.29 is 0 Å². The third kappa shape index (κ3) is 4.31. The van der Waals surface area contributed by atoms with Gasteiger partial charge < -0.3 is 15.6 Å². The fourth-order valence-electron chi connectivity index (χ4n) is 6.03. The Hall–Kier alpha value is -3.16. The van der Waals surface area contributed by atoms with Crippen LogP contribution >= 0.6 is 0 Å². The van der Waals surface area contributed by atoms with Crippen molar-refractivity contribution in [2.75, 3.05) is 11.1 Å². The molecule has 190 valence electrons. The molecule has 6 rings (SSSR count). The van der Waals surface area contributed by atoms with Crippen molar-refractivity contribution in [1.82, 2.24) is 29.1 Å². The van der Waals surface area contributed by atoms with Crippen LogP contribution in [-0.2, 0) is 0 Å². The second kappa shape index (κ2) is 8.75. The highest BCUT2D eigenvalue weighted by atomic mass is 15.3. The predicted molar refractivity (Wildman–Crippen MR) is 145 cm³/mol. The van der Waals surface area contributed by atoms with Gasteiger partial charge in [0.05, 0.1) is 5.69 Å². The highest BCUT2D eigenvalue weighted by Gasteiger charge is 2.33. The minimum atomic E-state index is 0.279. The Morgan fingerprint density at radius 1 is 1.08 bits per heavy atom. The van der Waals surface area contributed by atoms with Crippen molar-refractivity contribution >= 4 is 28.4 Å². The fraction of sp³-hybridized carbons (Fsp3) is 0.571. The van der Waals surface area contributed by atoms with E-state index in [9.17, 15) is 0 Å². The number of imidazole rings is 1. The lowest BCUT2D eigenvalue weighted by Gasteiger charge is -2.37. The van der Waals surface area contributed by atoms with Crippen LogP contribution < -0.4 is 11.1 Å². The van der Waals surface area contributed by atoms with Crippen LogP contribution in [0.5, 0.6) is 0 Å². The molecule has 0 bridgehead atoms. The van der Waals surface area contributed by atoms with Crippen LogP contribution in [0.3, 0.4) is 0 Å². The van der Waals surface area contributed by atoms with Crippen LogP contribution in [0, 0.1) is 18.3 Å². The average molecular weight is 487 g/mol. The van der Waals surface area contributed by atoms with Crippen LogP contribution in [0.25, 0.3) is 27.9 Å². The Labute approximate surface area is 212 Å². The van der Waals surface area contributed by atoms with E-state index >= 15 is 0 Å². The summed E-state index contributed by atoms with van der Waals surface area (Å²) >= 11 is 0. The predicted octanol–water partition coefficient (Wildman–Crippen LogP) is 6.16. The van der Waals surface area contributed by atoms with Gasteiger partial charge in [0.15, 0.2) is 11.5 Å². The molecule has 4 aromatic rings. The molecule has 2 aliphatic carbocycles. The molecule has 0 atom stereocenters. The summed E-state index contributed by atoms with van der Waals surface area (Å²) in [5, 5.41) is 8.34. The van der Waals surface area contributed by atoms with Gasteiger partial charge in [-0.15, -0.1) is 5.10 Å². The highest BCUT2D eigenvalue weighted by Crippen LogP contribution is 2.44. The lowest BCUT2D eigenvalue weighted by molar-refractivity contribution is 0.182. The van der Waals surface area contributed by atoms with E-state index in [2.05, 4.69) is 40.6 Å². The van der Waals surface area contributed by atoms with E-state index in [0.717, 1.165) is 52.5 Å². The normalized spacial score (nSPS) is 22.6. The van der Waals surface area contributed by atoms with Gasteiger partial charge in [0.1, 0.15) is 16.9 Å². The molecule has 0 aliphatic heterocycles. The molecule has 0 spiro atoms. The zero-order valence-corrected chi connectivity index (χ0v) is 22.0. The number of nitrogen functional groups attached to an aromatic ring is 1. The van der Waals surface area contributed by atoms with Crippen molar-refractivity contribution in [3.05, 3.63) is 30.2 Å². The number of aryl methyl sites for hydroxylation is 1. The molecule has 2 fully saturated rings. The first-order valence-electron chi connectivity index (χ1n) is 13.6. The van der Waals surface area contributed by atoms with Crippen LogP contribution in [0.15, 0.2) is 24.4 Å². The number of aromatic nitrogens is 6. The number of fused-ring (bicyclic) bond motifs is 2. The lowest BCUT2D eigenvalue weighted by atomic mass is 9.71. The first-order valence-corrected chi connectivity index (χ1v) is 13.6. The van der Waals surface area contributed by atoms with E-state index in [1.807, 2.05) is 35.8 Å². The summed E-state index contributed by atoms with van der Waals surface area (Å²) in [6.45, 7) is 8.81. The highest BCUT2D eigenvalue weighted by molar-refractivity contribution is 5.88. The van der Waals surface area contributed by atoms with Crippen molar-refractivity contribution in [1.29, 1.82) is 0 Å². The summed E-state index contributed by atoms with van der Waals surface area (Å²) in [6.07, 6.45) is 12.5. The standard InChI is InChI=1S/C28H38N8/c1-17(2)36-18(3)30-23-8-7-22(32-26(23)36)21-12-16-35-24(21)25(29)33-27(34-35)31-20-10-14-28(4,15-11-20)13-9-19-5-6-19/h7-8,12,16-17,19-20H,5-6,9-11,13-15H2,1-4H3,(H3,29,31,33,34). The molecule has 3 N–H and O–H groups in total. The number of nitrogens with two attached hydrogens (primary N) is 1. The largest absolute Gasteiger partial charge is 0.382 e. The lowest BCUT2D eigenvalue weighted by Crippen LogP contribution is -2.32. The van der Waals surface area contributed by atoms with Gasteiger partial charge in [-0.1, -0.05) is 19.8 Å². The molecule has 0 saturated heterocycles. The van der Waals surface area contributed by atoms with E-state index < -0.39 is 0 Å². The molecule has 2 aliphatic rings. The fourth-order valence-corrected chi connectivity index (χ4v) is 6.03. The molecule has 8 heteroatoms. The Morgan fingerprint density at radius 2 is 1.86 bits per heavy atom. The summed E-state index contributed by atoms with van der Waals surface area (Å²) < 4.78 is 4.00. The maximum atomic E-state index is 6.50. The van der Waals surface area contributed by atoms with Gasteiger partial charge in [0.2, 0.25) is 5.95 Å². The molecular weight excluding hydrogens is 448 g/mol. The van der Waals surface area contributed by atoms with Crippen LogP contribution in [0.2, 0.25) is 0 Å². The third-order valence-electron chi connectivity index (χ3n) is 8.42. The zero-order valence-electron chi connectivity index (χ0n) is 22.0. The van der Waals surface area contributed by atoms with E-state index in [1.165, 1.54) is 38.5 Å². The van der Waals surface area contributed by atoms with Crippen molar-refractivity contribution in [3.8, 4) is 11.3 Å². The Bertz CT molecular complexity index is 1400. The van der Waals surface area contributed by atoms with E-state index in [4.69, 9.17) is 15.8 Å². The first kappa shape index (κ1) is 23.3. The number of anilines is 2. The first-order chi connectivity index (χ1) is 17.3. The molecule has 2 saturated carbocycles. The van der Waals surface area contributed by atoms with Gasteiger partial charge in [-0.2, -0.15) is 4.98 Å². The zero-order chi connectivity index (χ0) is 25.0. The molecule has 4 heterocycles. The second-order valence-corrected chi connectivity index (χ2v) is 11.7. The van der Waals surface area contributed by atoms with E-state index in [-0.39, 0.29) is 6.04 Å². The van der Waals surface area contributed by atoms with Gasteiger partial charge >= 0.3 is 0 Å². The molecule has 8 nitrogen and oxygen atoms in total. The maximum absolute atomic E-state index is 6.50. The van der Waals surface area contributed by atoms with Crippen LogP contribution in [-0.4, -0.2) is 35.2 Å². The van der Waals surface area contributed by atoms with Crippen molar-refractivity contribution in [2.24, 2.45) is 11.3 Å². The summed E-state index contributed by atoms with van der Waals surface area (Å²) in [7, 11) is 0. The van der Waals surface area contributed by atoms with Crippen molar-refractivity contribution in [3.63, 3.8) is 0 Å². The average Bonchev–Trinajstić information content (AvgIpc) is 3.47. The summed E-state index contributed by atoms with van der Waals surface area (Å²) in [4.78, 5) is 14.3. The number of nitrogens with one attached hydrogen (secondary N) is 1. The minimum Gasteiger partial charge on any atom is -0.382 e. The topological polar surface area (TPSA) is 98.9 Å².